The highest BCUT2D eigenvalue weighted by molar-refractivity contribution is 6.03. The van der Waals surface area contributed by atoms with Gasteiger partial charge in [0.05, 0.1) is 12.1 Å². The van der Waals surface area contributed by atoms with Crippen molar-refractivity contribution in [2.45, 2.75) is 72.6 Å². The van der Waals surface area contributed by atoms with Gasteiger partial charge >= 0.3 is 6.09 Å². The number of amides is 1. The molecule has 2 N–H and O–H groups in total. The van der Waals surface area contributed by atoms with Crippen LogP contribution < -0.4 is 5.73 Å². The number of carbonyl (C=O) groups excluding carboxylic acids is 2. The normalized spacial score (nSPS) is 20.0. The van der Waals surface area contributed by atoms with Crippen molar-refractivity contribution in [2.24, 2.45) is 16.6 Å². The van der Waals surface area contributed by atoms with E-state index in [4.69, 9.17) is 10.5 Å². The Morgan fingerprint density at radius 3 is 2.43 bits per heavy atom. The molecule has 0 saturated carbocycles. The third-order valence-corrected chi connectivity index (χ3v) is 3.44. The number of aliphatic imine (C=N–C) groups is 1. The fraction of sp³-hybridized carbons (Fsp3) is 0.706. The highest BCUT2D eigenvalue weighted by Crippen LogP contribution is 2.24. The number of hydrogen-bond acceptors (Lipinski definition) is 5. The molecule has 23 heavy (non-hydrogen) atoms. The summed E-state index contributed by atoms with van der Waals surface area (Å²) in [5.41, 5.74) is 6.37. The van der Waals surface area contributed by atoms with E-state index < -0.39 is 23.8 Å². The average molecular weight is 322 g/mol. The first-order chi connectivity index (χ1) is 10.4. The molecule has 0 bridgehead atoms. The summed E-state index contributed by atoms with van der Waals surface area (Å²) >= 11 is 0. The highest BCUT2D eigenvalue weighted by Gasteiger charge is 2.35. The van der Waals surface area contributed by atoms with Crippen LogP contribution in [0.25, 0.3) is 0 Å². The molecule has 0 aliphatic carbocycles. The Labute approximate surface area is 138 Å². The number of rotatable bonds is 4. The van der Waals surface area contributed by atoms with E-state index in [1.54, 1.807) is 34.6 Å². The largest absolute Gasteiger partial charge is 0.443 e. The van der Waals surface area contributed by atoms with Gasteiger partial charge in [-0.15, -0.1) is 0 Å². The topological polar surface area (TPSA) is 85.0 Å². The van der Waals surface area contributed by atoms with Crippen LogP contribution >= 0.6 is 0 Å². The zero-order valence-electron chi connectivity index (χ0n) is 15.1. The summed E-state index contributed by atoms with van der Waals surface area (Å²) in [5.74, 6) is 0.133. The van der Waals surface area contributed by atoms with Crippen LogP contribution in [-0.4, -0.2) is 40.8 Å². The minimum absolute atomic E-state index is 0.178. The van der Waals surface area contributed by atoms with Crippen LogP contribution in [-0.2, 0) is 9.53 Å². The maximum absolute atomic E-state index is 12.7. The maximum Gasteiger partial charge on any atom is 0.416 e. The Kier molecular flexibility index (Phi) is 6.11. The maximum atomic E-state index is 12.7. The molecule has 1 aliphatic heterocycles. The summed E-state index contributed by atoms with van der Waals surface area (Å²) in [6, 6.07) is -1.11. The molecule has 1 rings (SSSR count). The number of carbonyl (C=O) groups is 2. The van der Waals surface area contributed by atoms with Crippen LogP contribution in [0, 0.1) is 5.92 Å². The van der Waals surface area contributed by atoms with E-state index in [2.05, 4.69) is 11.3 Å². The lowest BCUT2D eigenvalue weighted by Gasteiger charge is -2.32. The van der Waals surface area contributed by atoms with E-state index in [0.717, 1.165) is 0 Å². The van der Waals surface area contributed by atoms with Crippen LogP contribution in [0.4, 0.5) is 4.79 Å². The summed E-state index contributed by atoms with van der Waals surface area (Å²) in [5, 5.41) is 0. The van der Waals surface area contributed by atoms with Crippen molar-refractivity contribution in [1.29, 1.82) is 0 Å². The third-order valence-electron chi connectivity index (χ3n) is 3.44. The highest BCUT2D eigenvalue weighted by atomic mass is 16.6. The smallest absolute Gasteiger partial charge is 0.416 e. The van der Waals surface area contributed by atoms with Gasteiger partial charge in [-0.3, -0.25) is 9.69 Å². The van der Waals surface area contributed by atoms with Crippen molar-refractivity contribution < 1.29 is 14.3 Å². The summed E-state index contributed by atoms with van der Waals surface area (Å²) in [6.07, 6.45) is 2.64. The molecule has 6 heteroatoms. The van der Waals surface area contributed by atoms with Crippen molar-refractivity contribution in [3.05, 3.63) is 11.3 Å². The van der Waals surface area contributed by atoms with Gasteiger partial charge in [0.2, 0.25) is 0 Å². The number of ether oxygens (including phenoxy) is 1. The van der Waals surface area contributed by atoms with Gasteiger partial charge < -0.3 is 10.5 Å². The van der Waals surface area contributed by atoms with Crippen molar-refractivity contribution >= 4 is 18.2 Å². The Morgan fingerprint density at radius 2 is 1.96 bits per heavy atom. The summed E-state index contributed by atoms with van der Waals surface area (Å²) in [4.78, 5) is 30.2. The molecule has 0 aromatic rings. The molecular formula is C17H28N3O3. The molecule has 0 spiro atoms. The SMILES string of the molecule is CC1=C(C(=O)[C@@H](N)CC(C)C)C(C)N(C(=O)OC(C)(C)C)[C]=N1. The Hall–Kier alpha value is -1.69. The monoisotopic (exact) mass is 322 g/mol. The molecule has 0 aromatic carbocycles. The second kappa shape index (κ2) is 7.25. The molecule has 129 valence electrons. The average Bonchev–Trinajstić information content (AvgIpc) is 2.35. The van der Waals surface area contributed by atoms with Crippen LogP contribution in [0.3, 0.4) is 0 Å². The molecular weight excluding hydrogens is 294 g/mol. The van der Waals surface area contributed by atoms with Gasteiger partial charge in [0, 0.05) is 11.3 Å². The van der Waals surface area contributed by atoms with Gasteiger partial charge in [-0.05, 0) is 47.0 Å². The minimum Gasteiger partial charge on any atom is -0.443 e. The van der Waals surface area contributed by atoms with Gasteiger partial charge in [-0.1, -0.05) is 13.8 Å². The number of ketones is 1. The Morgan fingerprint density at radius 1 is 1.39 bits per heavy atom. The lowest BCUT2D eigenvalue weighted by molar-refractivity contribution is -0.117. The van der Waals surface area contributed by atoms with E-state index in [1.807, 2.05) is 13.8 Å². The molecule has 6 nitrogen and oxygen atoms in total. The molecule has 0 saturated heterocycles. The van der Waals surface area contributed by atoms with E-state index in [1.165, 1.54) is 4.90 Å². The molecule has 0 aromatic heterocycles. The summed E-state index contributed by atoms with van der Waals surface area (Å²) in [7, 11) is 0. The molecule has 1 amide bonds. The van der Waals surface area contributed by atoms with Crippen LogP contribution in [0.15, 0.2) is 16.3 Å². The number of allylic oxidation sites excluding steroid dienone is 1. The molecule has 2 atom stereocenters. The zero-order chi connectivity index (χ0) is 17.9. The van der Waals surface area contributed by atoms with Gasteiger partial charge in [-0.2, -0.15) is 0 Å². The standard InChI is InChI=1S/C17H28N3O3/c1-10(2)8-13(18)15(21)14-11(3)19-9-20(12(14)4)16(22)23-17(5,6)7/h10,12-13H,8,18H2,1-7H3/t12?,13-/m0/s1. The second-order valence-electron chi connectivity index (χ2n) is 7.34. The summed E-state index contributed by atoms with van der Waals surface area (Å²) < 4.78 is 5.34. The quantitative estimate of drug-likeness (QED) is 0.862. The molecule has 1 heterocycles. The first kappa shape index (κ1) is 19.4. The zero-order valence-corrected chi connectivity index (χ0v) is 15.1. The molecule has 1 unspecified atom stereocenters. The first-order valence-corrected chi connectivity index (χ1v) is 7.93. The Bertz CT molecular complexity index is 530. The van der Waals surface area contributed by atoms with E-state index in [0.29, 0.717) is 23.6 Å². The molecule has 1 radical (unpaired) electrons. The fourth-order valence-electron chi connectivity index (χ4n) is 2.42. The molecule has 1 aliphatic rings. The van der Waals surface area contributed by atoms with Crippen LogP contribution in [0.2, 0.25) is 0 Å². The van der Waals surface area contributed by atoms with Crippen LogP contribution in [0.5, 0.6) is 0 Å². The third kappa shape index (κ3) is 5.16. The number of Topliss-reactive ketones (excluding diaryl/α,β-unsaturated/α-hetero) is 1. The van der Waals surface area contributed by atoms with E-state index in [-0.39, 0.29) is 5.78 Å². The van der Waals surface area contributed by atoms with Crippen molar-refractivity contribution in [2.75, 3.05) is 0 Å². The lowest BCUT2D eigenvalue weighted by atomic mass is 9.91. The van der Waals surface area contributed by atoms with Gasteiger partial charge in [0.1, 0.15) is 5.60 Å². The Balaban J connectivity index is 2.98. The predicted octanol–water partition coefficient (Wildman–Crippen LogP) is 2.75. The minimum atomic E-state index is -0.632. The second-order valence-corrected chi connectivity index (χ2v) is 7.34. The van der Waals surface area contributed by atoms with Gasteiger partial charge in [-0.25, -0.2) is 9.79 Å². The van der Waals surface area contributed by atoms with Crippen molar-refractivity contribution in [1.82, 2.24) is 4.90 Å². The fourth-order valence-corrected chi connectivity index (χ4v) is 2.42. The number of nitrogens with two attached hydrogens (primary N) is 1. The number of hydrogen-bond donors (Lipinski definition) is 1. The first-order valence-electron chi connectivity index (χ1n) is 7.93. The van der Waals surface area contributed by atoms with Gasteiger partial charge in [0.25, 0.3) is 0 Å². The molecule has 0 fully saturated rings. The number of nitrogens with zero attached hydrogens (tertiary/aromatic N) is 2. The van der Waals surface area contributed by atoms with Gasteiger partial charge in [0.15, 0.2) is 12.1 Å². The predicted molar refractivity (Wildman–Crippen MR) is 90.1 cm³/mol. The van der Waals surface area contributed by atoms with Crippen molar-refractivity contribution in [3.8, 4) is 0 Å². The summed E-state index contributed by atoms with van der Waals surface area (Å²) in [6.45, 7) is 12.8. The van der Waals surface area contributed by atoms with E-state index >= 15 is 0 Å². The van der Waals surface area contributed by atoms with Crippen LogP contribution in [0.1, 0.15) is 54.9 Å². The van der Waals surface area contributed by atoms with E-state index in [9.17, 15) is 9.59 Å². The van der Waals surface area contributed by atoms with Crippen molar-refractivity contribution in [3.63, 3.8) is 0 Å². The lowest BCUT2D eigenvalue weighted by Crippen LogP contribution is -2.47.